The Bertz CT molecular complexity index is 437. The fraction of sp³-hybridized carbons (Fsp3) is 0.462. The second-order valence-electron chi connectivity index (χ2n) is 4.24. The smallest absolute Gasteiger partial charge is 0.191 e. The van der Waals surface area contributed by atoms with Crippen LogP contribution < -0.4 is 10.6 Å². The van der Waals surface area contributed by atoms with Crippen molar-refractivity contribution in [1.82, 2.24) is 10.6 Å². The van der Waals surface area contributed by atoms with Crippen molar-refractivity contribution in [2.75, 3.05) is 13.6 Å². The molecule has 0 amide bonds. The molecule has 0 saturated heterocycles. The molecule has 1 aliphatic rings. The number of aliphatic imine (C=N–C) groups is 1. The molecule has 2 rings (SSSR count). The van der Waals surface area contributed by atoms with Gasteiger partial charge in [0, 0.05) is 24.5 Å². The van der Waals surface area contributed by atoms with Crippen LogP contribution in [-0.4, -0.2) is 25.6 Å². The zero-order chi connectivity index (χ0) is 12.8. The number of thiophene rings is 1. The second-order valence-corrected chi connectivity index (χ2v) is 6.79. The molecule has 0 fully saturated rings. The van der Waals surface area contributed by atoms with Crippen molar-refractivity contribution in [2.24, 2.45) is 4.99 Å². The van der Waals surface area contributed by atoms with Crippen molar-refractivity contribution >= 4 is 57.2 Å². The predicted octanol–water partition coefficient (Wildman–Crippen LogP) is 3.55. The normalized spacial score (nSPS) is 15.4. The molecular weight excluding hydrogens is 437 g/mol. The number of guanidine groups is 1. The molecule has 0 radical (unpaired) electrons. The van der Waals surface area contributed by atoms with Gasteiger partial charge in [-0.1, -0.05) is 12.2 Å². The summed E-state index contributed by atoms with van der Waals surface area (Å²) in [5, 5.41) is 6.78. The lowest BCUT2D eigenvalue weighted by Crippen LogP contribution is -2.43. The van der Waals surface area contributed by atoms with E-state index in [2.05, 4.69) is 55.8 Å². The molecular formula is C13H19BrIN3S. The van der Waals surface area contributed by atoms with Gasteiger partial charge in [0.05, 0.1) is 3.79 Å². The van der Waals surface area contributed by atoms with Gasteiger partial charge < -0.3 is 10.6 Å². The first-order valence-corrected chi connectivity index (χ1v) is 7.75. The first-order valence-electron chi connectivity index (χ1n) is 6.14. The van der Waals surface area contributed by atoms with Gasteiger partial charge in [-0.2, -0.15) is 0 Å². The van der Waals surface area contributed by atoms with E-state index in [1.54, 1.807) is 11.3 Å². The van der Waals surface area contributed by atoms with Gasteiger partial charge >= 0.3 is 0 Å². The minimum Gasteiger partial charge on any atom is -0.356 e. The van der Waals surface area contributed by atoms with E-state index >= 15 is 0 Å². The summed E-state index contributed by atoms with van der Waals surface area (Å²) in [6.45, 7) is 0.909. The highest BCUT2D eigenvalue weighted by Gasteiger charge is 2.11. The van der Waals surface area contributed by atoms with Crippen LogP contribution in [0.3, 0.4) is 0 Å². The van der Waals surface area contributed by atoms with Crippen molar-refractivity contribution < 1.29 is 0 Å². The van der Waals surface area contributed by atoms with E-state index in [0.717, 1.165) is 31.8 Å². The molecule has 0 bridgehead atoms. The maximum atomic E-state index is 4.25. The average molecular weight is 456 g/mol. The molecule has 0 spiro atoms. The summed E-state index contributed by atoms with van der Waals surface area (Å²) in [4.78, 5) is 5.63. The van der Waals surface area contributed by atoms with Crippen LogP contribution in [0.25, 0.3) is 0 Å². The number of nitrogens with zero attached hydrogens (tertiary/aromatic N) is 1. The Labute approximate surface area is 144 Å². The second kappa shape index (κ2) is 8.97. The summed E-state index contributed by atoms with van der Waals surface area (Å²) < 4.78 is 1.19. The Morgan fingerprint density at radius 2 is 2.16 bits per heavy atom. The van der Waals surface area contributed by atoms with Gasteiger partial charge in [-0.05, 0) is 47.3 Å². The summed E-state index contributed by atoms with van der Waals surface area (Å²) in [7, 11) is 1.82. The van der Waals surface area contributed by atoms with Gasteiger partial charge in [0.15, 0.2) is 5.96 Å². The fourth-order valence-electron chi connectivity index (χ4n) is 1.91. The van der Waals surface area contributed by atoms with Crippen LogP contribution in [0.4, 0.5) is 0 Å². The lowest BCUT2D eigenvalue weighted by molar-refractivity contribution is 0.633. The molecule has 3 nitrogen and oxygen atoms in total. The van der Waals surface area contributed by atoms with Crippen molar-refractivity contribution in [3.05, 3.63) is 32.9 Å². The van der Waals surface area contributed by atoms with E-state index in [-0.39, 0.29) is 24.0 Å². The highest BCUT2D eigenvalue weighted by molar-refractivity contribution is 14.0. The maximum absolute atomic E-state index is 4.25. The number of halogens is 2. The van der Waals surface area contributed by atoms with Crippen molar-refractivity contribution in [3.8, 4) is 0 Å². The van der Waals surface area contributed by atoms with E-state index in [0.29, 0.717) is 6.04 Å². The van der Waals surface area contributed by atoms with Crippen LogP contribution in [0, 0.1) is 0 Å². The van der Waals surface area contributed by atoms with Crippen molar-refractivity contribution in [1.29, 1.82) is 0 Å². The van der Waals surface area contributed by atoms with Gasteiger partial charge in [0.2, 0.25) is 0 Å². The van der Waals surface area contributed by atoms with E-state index < -0.39 is 0 Å². The van der Waals surface area contributed by atoms with E-state index in [1.807, 2.05) is 7.05 Å². The molecule has 0 aliphatic heterocycles. The van der Waals surface area contributed by atoms with Crippen LogP contribution in [0.15, 0.2) is 33.1 Å². The number of rotatable bonds is 4. The van der Waals surface area contributed by atoms with Gasteiger partial charge in [0.25, 0.3) is 0 Å². The first-order chi connectivity index (χ1) is 8.78. The Morgan fingerprint density at radius 3 is 2.74 bits per heavy atom. The van der Waals surface area contributed by atoms with Crippen LogP contribution >= 0.6 is 51.2 Å². The molecule has 1 heterocycles. The summed E-state index contributed by atoms with van der Waals surface area (Å²) in [5.41, 5.74) is 0. The Hall–Kier alpha value is -0.0800. The van der Waals surface area contributed by atoms with E-state index in [9.17, 15) is 0 Å². The predicted molar refractivity (Wildman–Crippen MR) is 97.8 cm³/mol. The number of hydrogen-bond acceptors (Lipinski definition) is 2. The van der Waals surface area contributed by atoms with Crippen LogP contribution in [0.1, 0.15) is 17.7 Å². The SMILES string of the molecule is CN=C(NCCc1ccc(Br)s1)NC1CC=CC1.I. The quantitative estimate of drug-likeness (QED) is 0.315. The van der Waals surface area contributed by atoms with Crippen molar-refractivity contribution in [2.45, 2.75) is 25.3 Å². The standard InChI is InChI=1S/C13H18BrN3S.HI/c1-15-13(17-10-4-2-3-5-10)16-9-8-11-6-7-12(14)18-11;/h2-3,6-7,10H,4-5,8-9H2,1H3,(H2,15,16,17);1H. The number of nitrogens with one attached hydrogen (secondary N) is 2. The minimum absolute atomic E-state index is 0. The zero-order valence-electron chi connectivity index (χ0n) is 10.9. The summed E-state index contributed by atoms with van der Waals surface area (Å²) in [6, 6.07) is 4.76. The monoisotopic (exact) mass is 455 g/mol. The number of hydrogen-bond donors (Lipinski definition) is 2. The average Bonchev–Trinajstić information content (AvgIpc) is 3.00. The Morgan fingerprint density at radius 1 is 1.42 bits per heavy atom. The first kappa shape index (κ1) is 17.0. The van der Waals surface area contributed by atoms with Crippen LogP contribution in [-0.2, 0) is 6.42 Å². The molecule has 0 aromatic carbocycles. The van der Waals surface area contributed by atoms with E-state index in [1.165, 1.54) is 8.66 Å². The third kappa shape index (κ3) is 5.83. The molecule has 1 aliphatic carbocycles. The molecule has 2 N–H and O–H groups in total. The molecule has 0 saturated carbocycles. The molecule has 6 heteroatoms. The van der Waals surface area contributed by atoms with Crippen molar-refractivity contribution in [3.63, 3.8) is 0 Å². The Kier molecular flexibility index (Phi) is 8.01. The van der Waals surface area contributed by atoms with Gasteiger partial charge in [-0.25, -0.2) is 0 Å². The summed E-state index contributed by atoms with van der Waals surface area (Å²) >= 11 is 5.27. The molecule has 106 valence electrons. The largest absolute Gasteiger partial charge is 0.356 e. The molecule has 1 aromatic rings. The molecule has 0 unspecified atom stereocenters. The molecule has 19 heavy (non-hydrogen) atoms. The van der Waals surface area contributed by atoms with Crippen LogP contribution in [0.5, 0.6) is 0 Å². The maximum Gasteiger partial charge on any atom is 0.191 e. The third-order valence-electron chi connectivity index (χ3n) is 2.87. The lowest BCUT2D eigenvalue weighted by atomic mass is 10.2. The third-order valence-corrected chi connectivity index (χ3v) is 4.55. The van der Waals surface area contributed by atoms with Crippen LogP contribution in [0.2, 0.25) is 0 Å². The van der Waals surface area contributed by atoms with Gasteiger partial charge in [0.1, 0.15) is 0 Å². The molecule has 1 aromatic heterocycles. The summed E-state index contributed by atoms with van der Waals surface area (Å²) in [6.07, 6.45) is 7.65. The summed E-state index contributed by atoms with van der Waals surface area (Å²) in [5.74, 6) is 0.902. The highest BCUT2D eigenvalue weighted by atomic mass is 127. The van der Waals surface area contributed by atoms with Gasteiger partial charge in [-0.15, -0.1) is 35.3 Å². The molecule has 0 atom stereocenters. The lowest BCUT2D eigenvalue weighted by Gasteiger charge is -2.16. The topological polar surface area (TPSA) is 36.4 Å². The van der Waals surface area contributed by atoms with Gasteiger partial charge in [-0.3, -0.25) is 4.99 Å². The highest BCUT2D eigenvalue weighted by Crippen LogP contribution is 2.22. The minimum atomic E-state index is 0. The zero-order valence-corrected chi connectivity index (χ0v) is 15.6. The Balaban J connectivity index is 0.00000180. The van der Waals surface area contributed by atoms with E-state index in [4.69, 9.17) is 0 Å². The fourth-order valence-corrected chi connectivity index (χ4v) is 3.40.